The van der Waals surface area contributed by atoms with Crippen LogP contribution in [0.2, 0.25) is 5.02 Å². The molecule has 0 spiro atoms. The lowest BCUT2D eigenvalue weighted by Crippen LogP contribution is -2.47. The van der Waals surface area contributed by atoms with Crippen molar-refractivity contribution in [1.82, 2.24) is 4.90 Å². The number of halogens is 1. The van der Waals surface area contributed by atoms with Gasteiger partial charge in [0.15, 0.2) is 5.78 Å². The van der Waals surface area contributed by atoms with Gasteiger partial charge >= 0.3 is 0 Å². The SMILES string of the molecule is CC1(C)CC(=O)C2=C(C1)N(Cc1ccccc1)C(=N)C(C#N)C2c1ccc(Cl)cc1. The molecule has 2 unspecified atom stereocenters. The number of ketones is 1. The molecule has 0 saturated heterocycles. The van der Waals surface area contributed by atoms with Gasteiger partial charge in [0.25, 0.3) is 0 Å². The number of nitrogens with one attached hydrogen (secondary N) is 1. The van der Waals surface area contributed by atoms with E-state index in [1.54, 1.807) is 12.1 Å². The van der Waals surface area contributed by atoms with Crippen molar-refractivity contribution >= 4 is 23.2 Å². The second-order valence-corrected chi connectivity index (χ2v) is 9.33. The van der Waals surface area contributed by atoms with E-state index in [2.05, 4.69) is 19.9 Å². The van der Waals surface area contributed by atoms with Crippen LogP contribution in [0.3, 0.4) is 0 Å². The Labute approximate surface area is 182 Å². The Hall–Kier alpha value is -2.90. The van der Waals surface area contributed by atoms with Gasteiger partial charge in [0, 0.05) is 35.2 Å². The van der Waals surface area contributed by atoms with Gasteiger partial charge in [-0.1, -0.05) is 67.9 Å². The number of nitrogens with zero attached hydrogens (tertiary/aromatic N) is 2. The summed E-state index contributed by atoms with van der Waals surface area (Å²) in [6, 6.07) is 19.5. The highest BCUT2D eigenvalue weighted by atomic mass is 35.5. The second-order valence-electron chi connectivity index (χ2n) is 8.89. The molecular weight excluding hydrogens is 394 g/mol. The van der Waals surface area contributed by atoms with Crippen molar-refractivity contribution in [2.75, 3.05) is 0 Å². The predicted molar refractivity (Wildman–Crippen MR) is 118 cm³/mol. The molecule has 30 heavy (non-hydrogen) atoms. The largest absolute Gasteiger partial charge is 0.328 e. The van der Waals surface area contributed by atoms with E-state index in [1.165, 1.54) is 0 Å². The number of Topliss-reactive ketones (excluding diaryl/α,β-unsaturated/α-hetero) is 1. The summed E-state index contributed by atoms with van der Waals surface area (Å²) in [5.41, 5.74) is 3.30. The smallest absolute Gasteiger partial charge is 0.161 e. The molecular formula is C25H24ClN3O. The highest BCUT2D eigenvalue weighted by Crippen LogP contribution is 2.49. The molecule has 0 radical (unpaired) electrons. The summed E-state index contributed by atoms with van der Waals surface area (Å²) in [5, 5.41) is 19.6. The van der Waals surface area contributed by atoms with Crippen LogP contribution in [0.25, 0.3) is 0 Å². The lowest BCUT2D eigenvalue weighted by molar-refractivity contribution is -0.118. The Kier molecular flexibility index (Phi) is 5.26. The van der Waals surface area contributed by atoms with Crippen LogP contribution in [0.15, 0.2) is 65.9 Å². The maximum Gasteiger partial charge on any atom is 0.161 e. The average molecular weight is 418 g/mol. The van der Waals surface area contributed by atoms with Crippen molar-refractivity contribution in [2.24, 2.45) is 11.3 Å². The van der Waals surface area contributed by atoms with E-state index in [0.717, 1.165) is 16.8 Å². The van der Waals surface area contributed by atoms with Gasteiger partial charge in [-0.2, -0.15) is 5.26 Å². The number of hydrogen-bond donors (Lipinski definition) is 1. The minimum absolute atomic E-state index is 0.0759. The fraction of sp³-hybridized carbons (Fsp3) is 0.320. The highest BCUT2D eigenvalue weighted by Gasteiger charge is 2.47. The van der Waals surface area contributed by atoms with Crippen molar-refractivity contribution in [2.45, 2.75) is 39.2 Å². The molecule has 152 valence electrons. The predicted octanol–water partition coefficient (Wildman–Crippen LogP) is 5.70. The first-order valence-electron chi connectivity index (χ1n) is 10.1. The second kappa shape index (κ2) is 7.74. The van der Waals surface area contributed by atoms with E-state index < -0.39 is 11.8 Å². The zero-order valence-electron chi connectivity index (χ0n) is 17.2. The number of allylic oxidation sites excluding steroid dienone is 2. The third kappa shape index (κ3) is 3.66. The molecule has 1 aliphatic heterocycles. The number of carbonyl (C=O) groups excluding carboxylic acids is 1. The van der Waals surface area contributed by atoms with Crippen LogP contribution in [0.1, 0.15) is 43.7 Å². The van der Waals surface area contributed by atoms with Crippen LogP contribution in [-0.2, 0) is 11.3 Å². The quantitative estimate of drug-likeness (QED) is 0.696. The number of hydrogen-bond acceptors (Lipinski definition) is 3. The molecule has 5 heteroatoms. The third-order valence-corrected chi connectivity index (χ3v) is 6.26. The minimum atomic E-state index is -0.723. The normalized spacial score (nSPS) is 23.2. The molecule has 0 amide bonds. The molecule has 4 nitrogen and oxygen atoms in total. The monoisotopic (exact) mass is 417 g/mol. The summed E-state index contributed by atoms with van der Waals surface area (Å²) in [4.78, 5) is 15.3. The van der Waals surface area contributed by atoms with Gasteiger partial charge < -0.3 is 4.90 Å². The number of rotatable bonds is 3. The topological polar surface area (TPSA) is 68.0 Å². The van der Waals surface area contributed by atoms with E-state index in [-0.39, 0.29) is 17.0 Å². The van der Waals surface area contributed by atoms with Gasteiger partial charge in [-0.15, -0.1) is 0 Å². The standard InChI is InChI=1S/C25H24ClN3O/c1-25(2)12-20-23(21(30)13-25)22(17-8-10-18(26)11-9-17)19(14-27)24(28)29(20)15-16-6-4-3-5-7-16/h3-11,19,22,28H,12-13,15H2,1-2H3. The molecule has 0 aromatic heterocycles. The van der Waals surface area contributed by atoms with Crippen molar-refractivity contribution in [3.63, 3.8) is 0 Å². The molecule has 2 atom stereocenters. The third-order valence-electron chi connectivity index (χ3n) is 6.00. The zero-order valence-corrected chi connectivity index (χ0v) is 17.9. The van der Waals surface area contributed by atoms with Gasteiger partial charge in [-0.25, -0.2) is 0 Å². The van der Waals surface area contributed by atoms with Gasteiger partial charge in [0.2, 0.25) is 0 Å². The Morgan fingerprint density at radius 1 is 1.13 bits per heavy atom. The van der Waals surface area contributed by atoms with Crippen LogP contribution in [0.5, 0.6) is 0 Å². The van der Waals surface area contributed by atoms with E-state index in [0.29, 0.717) is 30.0 Å². The summed E-state index contributed by atoms with van der Waals surface area (Å²) in [6.07, 6.45) is 1.14. The first-order chi connectivity index (χ1) is 14.3. The van der Waals surface area contributed by atoms with Crippen LogP contribution < -0.4 is 0 Å². The lowest BCUT2D eigenvalue weighted by Gasteiger charge is -2.46. The molecule has 0 saturated carbocycles. The van der Waals surface area contributed by atoms with E-state index >= 15 is 0 Å². The minimum Gasteiger partial charge on any atom is -0.328 e. The first-order valence-corrected chi connectivity index (χ1v) is 10.5. The van der Waals surface area contributed by atoms with Crippen LogP contribution in [0.4, 0.5) is 0 Å². The number of amidine groups is 1. The Balaban J connectivity index is 1.89. The fourth-order valence-electron chi connectivity index (χ4n) is 4.64. The lowest BCUT2D eigenvalue weighted by atomic mass is 9.66. The van der Waals surface area contributed by atoms with Crippen molar-refractivity contribution < 1.29 is 4.79 Å². The fourth-order valence-corrected chi connectivity index (χ4v) is 4.77. The summed E-state index contributed by atoms with van der Waals surface area (Å²) < 4.78 is 0. The molecule has 1 N–H and O–H groups in total. The molecule has 4 rings (SSSR count). The van der Waals surface area contributed by atoms with E-state index in [4.69, 9.17) is 17.0 Å². The van der Waals surface area contributed by atoms with Gasteiger partial charge in [0.1, 0.15) is 11.8 Å². The van der Waals surface area contributed by atoms with E-state index in [1.807, 2.05) is 47.4 Å². The Morgan fingerprint density at radius 2 is 1.80 bits per heavy atom. The Bertz CT molecular complexity index is 1060. The number of carbonyl (C=O) groups is 1. The summed E-state index contributed by atoms with van der Waals surface area (Å²) in [5.74, 6) is -0.832. The summed E-state index contributed by atoms with van der Waals surface area (Å²) in [6.45, 7) is 4.66. The maximum absolute atomic E-state index is 13.4. The van der Waals surface area contributed by atoms with Gasteiger partial charge in [-0.3, -0.25) is 10.2 Å². The first kappa shape index (κ1) is 20.4. The molecule has 2 aliphatic rings. The molecule has 0 bridgehead atoms. The molecule has 1 heterocycles. The number of nitriles is 1. The van der Waals surface area contributed by atoms with Gasteiger partial charge in [-0.05, 0) is 35.1 Å². The molecule has 0 fully saturated rings. The molecule has 2 aromatic carbocycles. The van der Waals surface area contributed by atoms with Crippen molar-refractivity contribution in [1.29, 1.82) is 10.7 Å². The maximum atomic E-state index is 13.4. The zero-order chi connectivity index (χ0) is 21.5. The highest BCUT2D eigenvalue weighted by molar-refractivity contribution is 6.30. The average Bonchev–Trinajstić information content (AvgIpc) is 2.70. The van der Waals surface area contributed by atoms with Gasteiger partial charge in [0.05, 0.1) is 6.07 Å². The van der Waals surface area contributed by atoms with Crippen molar-refractivity contribution in [3.8, 4) is 6.07 Å². The van der Waals surface area contributed by atoms with Crippen LogP contribution >= 0.6 is 11.6 Å². The molecule has 2 aromatic rings. The van der Waals surface area contributed by atoms with Crippen molar-refractivity contribution in [3.05, 3.63) is 82.0 Å². The summed E-state index contributed by atoms with van der Waals surface area (Å²) in [7, 11) is 0. The summed E-state index contributed by atoms with van der Waals surface area (Å²) >= 11 is 6.07. The Morgan fingerprint density at radius 3 is 2.43 bits per heavy atom. The van der Waals surface area contributed by atoms with Crippen LogP contribution in [-0.4, -0.2) is 16.5 Å². The van der Waals surface area contributed by atoms with Crippen LogP contribution in [0, 0.1) is 28.1 Å². The van der Waals surface area contributed by atoms with E-state index in [9.17, 15) is 10.1 Å². The molecule has 1 aliphatic carbocycles. The number of benzene rings is 2.